The Bertz CT molecular complexity index is 3200. The lowest BCUT2D eigenvalue weighted by Crippen LogP contribution is -2.11. The summed E-state index contributed by atoms with van der Waals surface area (Å²) in [6, 6.07) is 69.4. The fraction of sp³-hybridized carbons (Fsp3) is 0. The van der Waals surface area contributed by atoms with E-state index in [-0.39, 0.29) is 0 Å². The van der Waals surface area contributed by atoms with E-state index in [0.717, 1.165) is 66.4 Å². The third-order valence-electron chi connectivity index (χ3n) is 10.7. The number of nitrogens with zero attached hydrogens (tertiary/aromatic N) is 2. The van der Waals surface area contributed by atoms with Gasteiger partial charge in [-0.05, 0) is 99.6 Å². The number of fused-ring (bicyclic) bond motifs is 8. The van der Waals surface area contributed by atoms with Gasteiger partial charge in [-0.2, -0.15) is 0 Å². The van der Waals surface area contributed by atoms with Crippen LogP contribution in [0.5, 0.6) is 0 Å². The van der Waals surface area contributed by atoms with Gasteiger partial charge < -0.3 is 9.32 Å². The second kappa shape index (κ2) is 12.8. The van der Waals surface area contributed by atoms with Crippen LogP contribution in [0, 0.1) is 0 Å². The van der Waals surface area contributed by atoms with Gasteiger partial charge in [0.05, 0.1) is 5.69 Å². The van der Waals surface area contributed by atoms with E-state index in [0.29, 0.717) is 5.89 Å². The van der Waals surface area contributed by atoms with Gasteiger partial charge in [0.2, 0.25) is 5.89 Å². The Morgan fingerprint density at radius 3 is 1.95 bits per heavy atom. The van der Waals surface area contributed by atoms with E-state index in [1.807, 2.05) is 41.7 Å². The number of hydrogen-bond donors (Lipinski definition) is 0. The van der Waals surface area contributed by atoms with Crippen molar-refractivity contribution in [1.29, 1.82) is 0 Å². The quantitative estimate of drug-likeness (QED) is 0.160. The largest absolute Gasteiger partial charge is 0.435 e. The molecule has 11 rings (SSSR count). The number of rotatable bonds is 6. The van der Waals surface area contributed by atoms with Crippen LogP contribution in [0.3, 0.4) is 0 Å². The summed E-state index contributed by atoms with van der Waals surface area (Å²) in [7, 11) is 0. The minimum absolute atomic E-state index is 0.636. The Balaban J connectivity index is 1.05. The monoisotopic (exact) mass is 720 g/mol. The maximum atomic E-state index is 6.52. The topological polar surface area (TPSA) is 29.3 Å². The molecule has 0 fully saturated rings. The molecule has 0 radical (unpaired) electrons. The minimum atomic E-state index is 0.636. The molecule has 0 aliphatic heterocycles. The fourth-order valence-electron chi connectivity index (χ4n) is 8.02. The van der Waals surface area contributed by atoms with Crippen molar-refractivity contribution >= 4 is 81.2 Å². The summed E-state index contributed by atoms with van der Waals surface area (Å²) in [5, 5.41) is 7.10. The molecule has 2 aromatic heterocycles. The van der Waals surface area contributed by atoms with Crippen molar-refractivity contribution in [2.75, 3.05) is 4.90 Å². The standard InChI is InChI=1S/C51H32N2OS/c1-3-11-34(12-4-1)41-15-7-9-17-46(41)53(40-28-30-48-44(32-40)42-16-8-10-18-47(42)55-48)39-26-23-33(24-27-39)38-22-20-35-19-21-36-25-29-45-50(49(36)43(35)31-38)54-51(52-45)37-13-5-2-6-14-37/h1-32H. The maximum absolute atomic E-state index is 6.52. The van der Waals surface area contributed by atoms with Gasteiger partial charge >= 0.3 is 0 Å². The Morgan fingerprint density at radius 1 is 0.436 bits per heavy atom. The summed E-state index contributed by atoms with van der Waals surface area (Å²) in [6.45, 7) is 0. The van der Waals surface area contributed by atoms with Crippen LogP contribution in [0.1, 0.15) is 0 Å². The highest BCUT2D eigenvalue weighted by Crippen LogP contribution is 2.44. The van der Waals surface area contributed by atoms with Gasteiger partial charge in [-0.1, -0.05) is 127 Å². The van der Waals surface area contributed by atoms with Gasteiger partial charge in [0, 0.05) is 48.1 Å². The van der Waals surface area contributed by atoms with Gasteiger partial charge in [0.15, 0.2) is 5.58 Å². The maximum Gasteiger partial charge on any atom is 0.227 e. The molecule has 0 N–H and O–H groups in total. The van der Waals surface area contributed by atoms with Gasteiger partial charge in [-0.25, -0.2) is 4.98 Å². The highest BCUT2D eigenvalue weighted by Gasteiger charge is 2.19. The normalized spacial score (nSPS) is 11.6. The average molecular weight is 721 g/mol. The lowest BCUT2D eigenvalue weighted by atomic mass is 9.96. The van der Waals surface area contributed by atoms with Crippen molar-refractivity contribution in [1.82, 2.24) is 4.98 Å². The van der Waals surface area contributed by atoms with Crippen molar-refractivity contribution in [2.24, 2.45) is 0 Å². The molecular weight excluding hydrogens is 689 g/mol. The van der Waals surface area contributed by atoms with Crippen LogP contribution in [-0.4, -0.2) is 4.98 Å². The molecule has 0 aliphatic rings. The average Bonchev–Trinajstić information content (AvgIpc) is 3.87. The molecule has 0 aliphatic carbocycles. The van der Waals surface area contributed by atoms with E-state index in [2.05, 4.69) is 169 Å². The first-order chi connectivity index (χ1) is 27.2. The van der Waals surface area contributed by atoms with Crippen molar-refractivity contribution in [2.45, 2.75) is 0 Å². The van der Waals surface area contributed by atoms with E-state index in [9.17, 15) is 0 Å². The molecule has 0 atom stereocenters. The molecule has 55 heavy (non-hydrogen) atoms. The molecule has 0 amide bonds. The van der Waals surface area contributed by atoms with Crippen molar-refractivity contribution in [3.63, 3.8) is 0 Å². The molecule has 0 saturated heterocycles. The zero-order valence-corrected chi connectivity index (χ0v) is 30.5. The predicted molar refractivity (Wildman–Crippen MR) is 233 cm³/mol. The summed E-state index contributed by atoms with van der Waals surface area (Å²) >= 11 is 1.85. The first-order valence-corrected chi connectivity index (χ1v) is 19.3. The van der Waals surface area contributed by atoms with Crippen LogP contribution in [0.25, 0.3) is 86.5 Å². The number of hydrogen-bond acceptors (Lipinski definition) is 4. The summed E-state index contributed by atoms with van der Waals surface area (Å²) in [4.78, 5) is 7.28. The number of benzene rings is 9. The van der Waals surface area contributed by atoms with Crippen molar-refractivity contribution in [3.05, 3.63) is 194 Å². The Hall–Kier alpha value is -7.01. The Morgan fingerprint density at radius 2 is 1.09 bits per heavy atom. The number of oxazole rings is 1. The molecule has 9 aromatic carbocycles. The highest BCUT2D eigenvalue weighted by molar-refractivity contribution is 7.25. The lowest BCUT2D eigenvalue weighted by molar-refractivity contribution is 0.623. The summed E-state index contributed by atoms with van der Waals surface area (Å²) in [5.74, 6) is 0.636. The Kier molecular flexibility index (Phi) is 7.35. The molecular formula is C51H32N2OS. The van der Waals surface area contributed by atoms with Crippen LogP contribution in [0.4, 0.5) is 17.1 Å². The number of thiophene rings is 1. The minimum Gasteiger partial charge on any atom is -0.435 e. The summed E-state index contributed by atoms with van der Waals surface area (Å²) in [6.07, 6.45) is 0. The van der Waals surface area contributed by atoms with Crippen LogP contribution in [0.2, 0.25) is 0 Å². The van der Waals surface area contributed by atoms with Crippen LogP contribution >= 0.6 is 11.3 Å². The molecule has 0 unspecified atom stereocenters. The van der Waals surface area contributed by atoms with E-state index in [4.69, 9.17) is 9.40 Å². The van der Waals surface area contributed by atoms with Crippen LogP contribution < -0.4 is 4.90 Å². The predicted octanol–water partition coefficient (Wildman–Crippen LogP) is 15.0. The van der Waals surface area contributed by atoms with Gasteiger partial charge in [0.25, 0.3) is 0 Å². The highest BCUT2D eigenvalue weighted by atomic mass is 32.1. The zero-order chi connectivity index (χ0) is 36.3. The molecule has 3 nitrogen and oxygen atoms in total. The molecule has 4 heteroatoms. The third-order valence-corrected chi connectivity index (χ3v) is 11.8. The fourth-order valence-corrected chi connectivity index (χ4v) is 9.11. The lowest BCUT2D eigenvalue weighted by Gasteiger charge is -2.28. The first kappa shape index (κ1) is 31.5. The van der Waals surface area contributed by atoms with E-state index in [1.54, 1.807) is 0 Å². The SMILES string of the molecule is c1ccc(-c2nc3ccc4ccc5ccc(-c6ccc(N(c7ccc8sc9ccccc9c8c7)c7ccccc7-c7ccccc7)cc6)cc5c4c3o2)cc1. The van der Waals surface area contributed by atoms with Crippen molar-refractivity contribution < 1.29 is 4.42 Å². The zero-order valence-electron chi connectivity index (χ0n) is 29.7. The number of anilines is 3. The molecule has 2 heterocycles. The smallest absolute Gasteiger partial charge is 0.227 e. The third kappa shape index (κ3) is 5.38. The summed E-state index contributed by atoms with van der Waals surface area (Å²) in [5.41, 5.74) is 10.6. The Labute approximate surface area is 322 Å². The van der Waals surface area contributed by atoms with E-state index < -0.39 is 0 Å². The first-order valence-electron chi connectivity index (χ1n) is 18.5. The second-order valence-corrected chi connectivity index (χ2v) is 15.0. The van der Waals surface area contributed by atoms with Crippen molar-refractivity contribution in [3.8, 4) is 33.7 Å². The molecule has 0 bridgehead atoms. The summed E-state index contributed by atoms with van der Waals surface area (Å²) < 4.78 is 9.11. The molecule has 258 valence electrons. The van der Waals surface area contributed by atoms with Gasteiger partial charge in [-0.3, -0.25) is 0 Å². The number of aromatic nitrogens is 1. The molecule has 0 saturated carbocycles. The van der Waals surface area contributed by atoms with Crippen LogP contribution in [-0.2, 0) is 0 Å². The number of para-hydroxylation sites is 1. The molecule has 11 aromatic rings. The van der Waals surface area contributed by atoms with Crippen LogP contribution in [0.15, 0.2) is 199 Å². The van der Waals surface area contributed by atoms with Gasteiger partial charge in [0.1, 0.15) is 5.52 Å². The van der Waals surface area contributed by atoms with E-state index >= 15 is 0 Å². The molecule has 0 spiro atoms. The van der Waals surface area contributed by atoms with E-state index in [1.165, 1.54) is 31.3 Å². The second-order valence-electron chi connectivity index (χ2n) is 13.9. The van der Waals surface area contributed by atoms with Gasteiger partial charge in [-0.15, -0.1) is 11.3 Å².